The van der Waals surface area contributed by atoms with Crippen LogP contribution < -0.4 is 10.6 Å². The second-order valence-electron chi connectivity index (χ2n) is 7.64. The molecule has 0 aromatic heterocycles. The Morgan fingerprint density at radius 1 is 1.23 bits per heavy atom. The lowest BCUT2D eigenvalue weighted by molar-refractivity contribution is -0.131. The van der Waals surface area contributed by atoms with Crippen molar-refractivity contribution in [2.24, 2.45) is 0 Å². The van der Waals surface area contributed by atoms with Crippen molar-refractivity contribution in [3.63, 3.8) is 0 Å². The molecule has 0 radical (unpaired) electrons. The highest BCUT2D eigenvalue weighted by atomic mass is 16.3. The van der Waals surface area contributed by atoms with Crippen molar-refractivity contribution < 1.29 is 19.5 Å². The molecule has 0 saturated carbocycles. The zero-order valence-corrected chi connectivity index (χ0v) is 15.7. The van der Waals surface area contributed by atoms with Crippen LogP contribution in [0.25, 0.3) is 0 Å². The van der Waals surface area contributed by atoms with Gasteiger partial charge < -0.3 is 20.6 Å². The van der Waals surface area contributed by atoms with Crippen LogP contribution in [-0.2, 0) is 9.59 Å². The number of carbonyl (C=O) groups excluding carboxylic acids is 3. The third-order valence-electron chi connectivity index (χ3n) is 4.20. The van der Waals surface area contributed by atoms with Gasteiger partial charge in [0.25, 0.3) is 5.91 Å². The van der Waals surface area contributed by atoms with Gasteiger partial charge in [-0.05, 0) is 52.7 Å². The Morgan fingerprint density at radius 2 is 1.88 bits per heavy atom. The second-order valence-corrected chi connectivity index (χ2v) is 7.64. The number of aromatic hydroxyl groups is 1. The molecule has 2 atom stereocenters. The smallest absolute Gasteiger partial charge is 0.258 e. The average molecular weight is 361 g/mol. The van der Waals surface area contributed by atoms with E-state index in [9.17, 15) is 19.5 Å². The summed E-state index contributed by atoms with van der Waals surface area (Å²) in [6.07, 6.45) is 1.22. The monoisotopic (exact) mass is 361 g/mol. The van der Waals surface area contributed by atoms with Gasteiger partial charge in [-0.3, -0.25) is 14.4 Å². The molecule has 1 heterocycles. The topological polar surface area (TPSA) is 98.7 Å². The van der Waals surface area contributed by atoms with Gasteiger partial charge in [0.15, 0.2) is 0 Å². The quantitative estimate of drug-likeness (QED) is 0.755. The molecule has 1 aromatic rings. The lowest BCUT2D eigenvalue weighted by atomic mass is 10.1. The van der Waals surface area contributed by atoms with E-state index in [-0.39, 0.29) is 29.0 Å². The maximum absolute atomic E-state index is 12.7. The number of nitrogens with zero attached hydrogens (tertiary/aromatic N) is 1. The first-order valence-corrected chi connectivity index (χ1v) is 8.81. The van der Waals surface area contributed by atoms with Crippen LogP contribution in [0, 0.1) is 0 Å². The molecule has 2 rings (SSSR count). The maximum Gasteiger partial charge on any atom is 0.258 e. The number of hydrogen-bond donors (Lipinski definition) is 3. The molecule has 1 saturated heterocycles. The van der Waals surface area contributed by atoms with Crippen LogP contribution in [-0.4, -0.2) is 51.9 Å². The predicted molar refractivity (Wildman–Crippen MR) is 97.7 cm³/mol. The van der Waals surface area contributed by atoms with Crippen molar-refractivity contribution in [3.8, 4) is 5.75 Å². The SMILES string of the molecule is C[C@@H](NC(=O)[C@H]1CCCN1C(=O)c1ccccc1O)C(=O)NC(C)(C)C. The number of carbonyl (C=O) groups is 3. The maximum atomic E-state index is 12.7. The minimum absolute atomic E-state index is 0.110. The van der Waals surface area contributed by atoms with Gasteiger partial charge in [0.2, 0.25) is 11.8 Å². The summed E-state index contributed by atoms with van der Waals surface area (Å²) in [6.45, 7) is 7.65. The summed E-state index contributed by atoms with van der Waals surface area (Å²) < 4.78 is 0. The molecule has 3 N–H and O–H groups in total. The minimum atomic E-state index is -0.704. The fraction of sp³-hybridized carbons (Fsp3) is 0.526. The van der Waals surface area contributed by atoms with E-state index in [4.69, 9.17) is 0 Å². The molecular formula is C19H27N3O4. The molecule has 142 valence electrons. The Bertz CT molecular complexity index is 696. The minimum Gasteiger partial charge on any atom is -0.507 e. The fourth-order valence-corrected chi connectivity index (χ4v) is 2.94. The van der Waals surface area contributed by atoms with Crippen molar-refractivity contribution in [3.05, 3.63) is 29.8 Å². The molecule has 1 aliphatic heterocycles. The van der Waals surface area contributed by atoms with Gasteiger partial charge in [-0.1, -0.05) is 12.1 Å². The van der Waals surface area contributed by atoms with Crippen molar-refractivity contribution in [2.45, 2.75) is 58.2 Å². The number of nitrogens with one attached hydrogen (secondary N) is 2. The number of phenolic OH excluding ortho intramolecular Hbond substituents is 1. The molecule has 0 spiro atoms. The lowest BCUT2D eigenvalue weighted by Crippen LogP contribution is -2.54. The van der Waals surface area contributed by atoms with E-state index < -0.39 is 17.6 Å². The van der Waals surface area contributed by atoms with E-state index in [0.29, 0.717) is 19.4 Å². The highest BCUT2D eigenvalue weighted by molar-refractivity contribution is 6.00. The summed E-state index contributed by atoms with van der Waals surface area (Å²) in [6, 6.07) is 4.92. The number of benzene rings is 1. The largest absolute Gasteiger partial charge is 0.507 e. The van der Waals surface area contributed by atoms with Gasteiger partial charge in [0.1, 0.15) is 17.8 Å². The third kappa shape index (κ3) is 4.74. The van der Waals surface area contributed by atoms with E-state index in [1.807, 2.05) is 20.8 Å². The predicted octanol–water partition coefficient (Wildman–Crippen LogP) is 1.42. The molecular weight excluding hydrogens is 334 g/mol. The first-order valence-electron chi connectivity index (χ1n) is 8.81. The number of amides is 3. The normalized spacial score (nSPS) is 18.3. The van der Waals surface area contributed by atoms with Crippen LogP contribution in [0.5, 0.6) is 5.75 Å². The van der Waals surface area contributed by atoms with Crippen LogP contribution in [0.15, 0.2) is 24.3 Å². The zero-order valence-electron chi connectivity index (χ0n) is 15.7. The van der Waals surface area contributed by atoms with Crippen LogP contribution in [0.3, 0.4) is 0 Å². The number of phenols is 1. The molecule has 7 heteroatoms. The first-order chi connectivity index (χ1) is 12.1. The molecule has 3 amide bonds. The molecule has 0 unspecified atom stereocenters. The molecule has 0 bridgehead atoms. The van der Waals surface area contributed by atoms with Gasteiger partial charge in [-0.2, -0.15) is 0 Å². The molecule has 7 nitrogen and oxygen atoms in total. The van der Waals surface area contributed by atoms with E-state index in [1.165, 1.54) is 17.0 Å². The summed E-state index contributed by atoms with van der Waals surface area (Å²) in [5.41, 5.74) is -0.221. The van der Waals surface area contributed by atoms with Gasteiger partial charge in [0, 0.05) is 12.1 Å². The molecule has 26 heavy (non-hydrogen) atoms. The van der Waals surface area contributed by atoms with Crippen LogP contribution in [0.2, 0.25) is 0 Å². The van der Waals surface area contributed by atoms with E-state index in [1.54, 1.807) is 19.1 Å². The molecule has 1 aromatic carbocycles. The molecule has 1 aliphatic rings. The molecule has 0 aliphatic carbocycles. The van der Waals surface area contributed by atoms with Crippen LogP contribution in [0.1, 0.15) is 50.9 Å². The van der Waals surface area contributed by atoms with Gasteiger partial charge >= 0.3 is 0 Å². The molecule has 1 fully saturated rings. The van der Waals surface area contributed by atoms with E-state index >= 15 is 0 Å². The highest BCUT2D eigenvalue weighted by Crippen LogP contribution is 2.24. The summed E-state index contributed by atoms with van der Waals surface area (Å²) >= 11 is 0. The lowest BCUT2D eigenvalue weighted by Gasteiger charge is -2.27. The third-order valence-corrected chi connectivity index (χ3v) is 4.20. The van der Waals surface area contributed by atoms with Crippen molar-refractivity contribution in [1.82, 2.24) is 15.5 Å². The van der Waals surface area contributed by atoms with Crippen molar-refractivity contribution >= 4 is 17.7 Å². The Morgan fingerprint density at radius 3 is 2.50 bits per heavy atom. The van der Waals surface area contributed by atoms with Gasteiger partial charge in [-0.15, -0.1) is 0 Å². The van der Waals surface area contributed by atoms with Gasteiger partial charge in [-0.25, -0.2) is 0 Å². The zero-order chi connectivity index (χ0) is 19.5. The van der Waals surface area contributed by atoms with Crippen LogP contribution >= 0.6 is 0 Å². The van der Waals surface area contributed by atoms with Gasteiger partial charge in [0.05, 0.1) is 5.56 Å². The summed E-state index contributed by atoms with van der Waals surface area (Å²) in [4.78, 5) is 38.9. The van der Waals surface area contributed by atoms with E-state index in [2.05, 4.69) is 10.6 Å². The summed E-state index contributed by atoms with van der Waals surface area (Å²) in [5, 5.41) is 15.4. The van der Waals surface area contributed by atoms with Crippen molar-refractivity contribution in [1.29, 1.82) is 0 Å². The standard InChI is InChI=1S/C19H27N3O4/c1-12(16(24)21-19(2,3)4)20-17(25)14-9-7-11-22(14)18(26)13-8-5-6-10-15(13)23/h5-6,8,10,12,14,23H,7,9,11H2,1-4H3,(H,20,25)(H,21,24)/t12-,14-/m1/s1. The van der Waals surface area contributed by atoms with Crippen LogP contribution in [0.4, 0.5) is 0 Å². The van der Waals surface area contributed by atoms with E-state index in [0.717, 1.165) is 0 Å². The fourth-order valence-electron chi connectivity index (χ4n) is 2.94. The van der Waals surface area contributed by atoms with Crippen molar-refractivity contribution in [2.75, 3.05) is 6.54 Å². The average Bonchev–Trinajstić information content (AvgIpc) is 3.02. The highest BCUT2D eigenvalue weighted by Gasteiger charge is 2.36. The Kier molecular flexibility index (Phi) is 5.90. The second kappa shape index (κ2) is 7.76. The Labute approximate surface area is 153 Å². The number of rotatable bonds is 4. The number of hydrogen-bond acceptors (Lipinski definition) is 4. The Balaban J connectivity index is 2.05. The number of para-hydroxylation sites is 1. The summed E-state index contributed by atoms with van der Waals surface area (Å²) in [7, 11) is 0. The first kappa shape index (κ1) is 19.8. The Hall–Kier alpha value is -2.57. The summed E-state index contributed by atoms with van der Waals surface area (Å²) in [5.74, 6) is -1.13. The number of likely N-dealkylation sites (tertiary alicyclic amines) is 1.